The molecule has 0 saturated heterocycles. The van der Waals surface area contributed by atoms with Crippen molar-refractivity contribution in [1.82, 2.24) is 29.4 Å². The molecular formula is C26H17ClN6O2S. The largest absolute Gasteiger partial charge is 0.495 e. The third kappa shape index (κ3) is 3.94. The van der Waals surface area contributed by atoms with Gasteiger partial charge in [-0.15, -0.1) is 5.10 Å². The molecule has 0 spiro atoms. The Morgan fingerprint density at radius 1 is 1.00 bits per heavy atom. The Hall–Kier alpha value is -4.34. The minimum atomic E-state index is -0.242. The first-order valence-corrected chi connectivity index (χ1v) is 12.1. The monoisotopic (exact) mass is 512 g/mol. The summed E-state index contributed by atoms with van der Waals surface area (Å²) in [4.78, 5) is 22.3. The van der Waals surface area contributed by atoms with Crippen LogP contribution in [0.1, 0.15) is 5.56 Å². The molecule has 0 N–H and O–H groups in total. The minimum Gasteiger partial charge on any atom is -0.495 e. The van der Waals surface area contributed by atoms with Crippen molar-refractivity contribution in [1.29, 1.82) is 0 Å². The molecule has 0 amide bonds. The van der Waals surface area contributed by atoms with Gasteiger partial charge in [0.1, 0.15) is 11.4 Å². The number of aromatic nitrogens is 6. The number of rotatable bonds is 5. The van der Waals surface area contributed by atoms with Gasteiger partial charge in [-0.1, -0.05) is 41.1 Å². The van der Waals surface area contributed by atoms with Crippen LogP contribution < -0.4 is 14.8 Å². The molecule has 0 aliphatic heterocycles. The number of benzene rings is 2. The van der Waals surface area contributed by atoms with Crippen LogP contribution in [-0.2, 0) is 0 Å². The molecule has 0 radical (unpaired) electrons. The fourth-order valence-electron chi connectivity index (χ4n) is 3.84. The summed E-state index contributed by atoms with van der Waals surface area (Å²) in [5.74, 6) is 1.06. The Kier molecular flexibility index (Phi) is 5.55. The van der Waals surface area contributed by atoms with Crippen LogP contribution in [0.4, 0.5) is 0 Å². The van der Waals surface area contributed by atoms with Crippen molar-refractivity contribution >= 4 is 34.0 Å². The summed E-state index contributed by atoms with van der Waals surface area (Å²) < 4.78 is 8.90. The van der Waals surface area contributed by atoms with Crippen LogP contribution in [0.5, 0.6) is 5.75 Å². The van der Waals surface area contributed by atoms with E-state index in [1.54, 1.807) is 48.5 Å². The van der Waals surface area contributed by atoms with E-state index in [2.05, 4.69) is 15.1 Å². The summed E-state index contributed by atoms with van der Waals surface area (Å²) in [7, 11) is 1.57. The third-order valence-electron chi connectivity index (χ3n) is 5.60. The van der Waals surface area contributed by atoms with Crippen LogP contribution in [0.3, 0.4) is 0 Å². The number of thiazole rings is 1. The molecule has 0 bridgehead atoms. The lowest BCUT2D eigenvalue weighted by atomic mass is 10.1. The number of hydrogen-bond acceptors (Lipinski definition) is 7. The fraction of sp³-hybridized carbons (Fsp3) is 0.0385. The normalized spacial score (nSPS) is 11.9. The molecule has 6 rings (SSSR count). The molecule has 0 unspecified atom stereocenters. The zero-order chi connectivity index (χ0) is 24.6. The van der Waals surface area contributed by atoms with Gasteiger partial charge in [0.25, 0.3) is 5.56 Å². The van der Waals surface area contributed by atoms with Crippen molar-refractivity contribution in [2.75, 3.05) is 7.11 Å². The number of hydrogen-bond donors (Lipinski definition) is 0. The molecule has 2 aromatic carbocycles. The Morgan fingerprint density at radius 2 is 1.81 bits per heavy atom. The topological polar surface area (TPSA) is 87.2 Å². The zero-order valence-electron chi connectivity index (χ0n) is 18.9. The van der Waals surface area contributed by atoms with Gasteiger partial charge in [0.2, 0.25) is 4.96 Å². The number of halogens is 1. The Balaban J connectivity index is 1.50. The quantitative estimate of drug-likeness (QED) is 0.343. The highest BCUT2D eigenvalue weighted by Gasteiger charge is 2.16. The predicted molar refractivity (Wildman–Crippen MR) is 140 cm³/mol. The molecular weight excluding hydrogens is 496 g/mol. The lowest BCUT2D eigenvalue weighted by Gasteiger charge is -2.05. The summed E-state index contributed by atoms with van der Waals surface area (Å²) in [5.41, 5.74) is 3.69. The third-order valence-corrected chi connectivity index (χ3v) is 6.85. The number of nitrogens with zero attached hydrogens (tertiary/aromatic N) is 6. The number of ether oxygens (including phenoxy) is 1. The van der Waals surface area contributed by atoms with Gasteiger partial charge in [0.05, 0.1) is 22.4 Å². The predicted octanol–water partition coefficient (Wildman–Crippen LogP) is 4.28. The Labute approximate surface area is 213 Å². The number of methoxy groups -OCH3 is 1. The Morgan fingerprint density at radius 3 is 2.53 bits per heavy atom. The minimum absolute atomic E-state index is 0.242. The highest BCUT2D eigenvalue weighted by atomic mass is 35.5. The van der Waals surface area contributed by atoms with E-state index in [-0.39, 0.29) is 5.56 Å². The smallest absolute Gasteiger partial charge is 0.291 e. The number of pyridine rings is 1. The van der Waals surface area contributed by atoms with Gasteiger partial charge >= 0.3 is 0 Å². The average molecular weight is 513 g/mol. The maximum atomic E-state index is 13.2. The van der Waals surface area contributed by atoms with Crippen molar-refractivity contribution in [3.63, 3.8) is 0 Å². The second-order valence-corrected chi connectivity index (χ2v) is 9.26. The standard InChI is InChI=1S/C26H17ClN6O2S/c1-35-21-8-7-17(13-20(21)27)23-18(15-32(30-23)19-5-3-2-4-6-19)14-22-25(34)33-26(36-22)29-24(31-33)16-9-11-28-12-10-16/h2-15H,1H3. The molecule has 36 heavy (non-hydrogen) atoms. The van der Waals surface area contributed by atoms with Crippen molar-refractivity contribution < 1.29 is 4.74 Å². The summed E-state index contributed by atoms with van der Waals surface area (Å²) >= 11 is 7.68. The van der Waals surface area contributed by atoms with E-state index in [9.17, 15) is 4.79 Å². The van der Waals surface area contributed by atoms with Crippen molar-refractivity contribution in [3.8, 4) is 34.1 Å². The van der Waals surface area contributed by atoms with E-state index in [1.807, 2.05) is 48.7 Å². The van der Waals surface area contributed by atoms with Crippen LogP contribution in [0.25, 0.3) is 39.4 Å². The van der Waals surface area contributed by atoms with Crippen LogP contribution >= 0.6 is 22.9 Å². The maximum Gasteiger partial charge on any atom is 0.291 e. The van der Waals surface area contributed by atoms with E-state index >= 15 is 0 Å². The molecule has 4 aromatic heterocycles. The first kappa shape index (κ1) is 22.1. The summed E-state index contributed by atoms with van der Waals surface area (Å²) in [5, 5.41) is 9.70. The molecule has 10 heteroatoms. The van der Waals surface area contributed by atoms with Crippen LogP contribution in [0.2, 0.25) is 5.02 Å². The van der Waals surface area contributed by atoms with Crippen LogP contribution in [-0.4, -0.2) is 36.5 Å². The van der Waals surface area contributed by atoms with E-state index in [0.717, 1.165) is 22.4 Å². The molecule has 0 atom stereocenters. The molecule has 4 heterocycles. The second kappa shape index (κ2) is 9.03. The van der Waals surface area contributed by atoms with Gasteiger partial charge in [-0.3, -0.25) is 9.78 Å². The molecule has 0 aliphatic rings. The lowest BCUT2D eigenvalue weighted by molar-refractivity contribution is 0.415. The number of para-hydroxylation sites is 1. The number of fused-ring (bicyclic) bond motifs is 1. The second-order valence-electron chi connectivity index (χ2n) is 7.84. The summed E-state index contributed by atoms with van der Waals surface area (Å²) in [6.45, 7) is 0. The van der Waals surface area contributed by atoms with Crippen molar-refractivity contribution in [3.05, 3.63) is 105 Å². The first-order valence-electron chi connectivity index (χ1n) is 10.9. The average Bonchev–Trinajstić information content (AvgIpc) is 3.60. The molecule has 176 valence electrons. The zero-order valence-corrected chi connectivity index (χ0v) is 20.4. The SMILES string of the molecule is COc1ccc(-c2nn(-c3ccccc3)cc2C=c2sc3nc(-c4ccncc4)nn3c2=O)cc1Cl. The van der Waals surface area contributed by atoms with Crippen LogP contribution in [0, 0.1) is 0 Å². The van der Waals surface area contributed by atoms with Crippen LogP contribution in [0.15, 0.2) is 84.0 Å². The highest BCUT2D eigenvalue weighted by Crippen LogP contribution is 2.32. The van der Waals surface area contributed by atoms with E-state index in [1.165, 1.54) is 15.9 Å². The molecule has 0 fully saturated rings. The van der Waals surface area contributed by atoms with Crippen molar-refractivity contribution in [2.24, 2.45) is 0 Å². The van der Waals surface area contributed by atoms with Gasteiger partial charge < -0.3 is 4.74 Å². The van der Waals surface area contributed by atoms with Gasteiger partial charge in [-0.05, 0) is 48.5 Å². The van der Waals surface area contributed by atoms with Gasteiger partial charge in [-0.2, -0.15) is 14.6 Å². The van der Waals surface area contributed by atoms with E-state index in [0.29, 0.717) is 31.8 Å². The van der Waals surface area contributed by atoms with E-state index < -0.39 is 0 Å². The van der Waals surface area contributed by atoms with Crippen molar-refractivity contribution in [2.45, 2.75) is 0 Å². The first-order chi connectivity index (χ1) is 17.6. The van der Waals surface area contributed by atoms with Gasteiger partial charge in [-0.25, -0.2) is 4.68 Å². The summed E-state index contributed by atoms with van der Waals surface area (Å²) in [6, 6.07) is 18.9. The lowest BCUT2D eigenvalue weighted by Crippen LogP contribution is -2.23. The highest BCUT2D eigenvalue weighted by molar-refractivity contribution is 7.15. The molecule has 0 aliphatic carbocycles. The molecule has 6 aromatic rings. The Bertz CT molecular complexity index is 1810. The van der Waals surface area contributed by atoms with Gasteiger partial charge in [0.15, 0.2) is 5.82 Å². The summed E-state index contributed by atoms with van der Waals surface area (Å²) in [6.07, 6.45) is 7.04. The maximum absolute atomic E-state index is 13.2. The molecule has 8 nitrogen and oxygen atoms in total. The fourth-order valence-corrected chi connectivity index (χ4v) is 5.00. The van der Waals surface area contributed by atoms with Gasteiger partial charge in [0, 0.05) is 35.3 Å². The van der Waals surface area contributed by atoms with E-state index in [4.69, 9.17) is 21.4 Å². The molecule has 0 saturated carbocycles.